The van der Waals surface area contributed by atoms with Crippen molar-refractivity contribution in [2.24, 2.45) is 0 Å². The molecule has 1 aromatic rings. The second-order valence-corrected chi connectivity index (χ2v) is 4.64. The Balaban J connectivity index is 1.91. The zero-order valence-electron chi connectivity index (χ0n) is 9.66. The molecule has 2 N–H and O–H groups in total. The predicted molar refractivity (Wildman–Crippen MR) is 66.1 cm³/mol. The maximum Gasteiger partial charge on any atom is 0.131 e. The fourth-order valence-corrected chi connectivity index (χ4v) is 2.63. The van der Waals surface area contributed by atoms with Crippen LogP contribution in [0.15, 0.2) is 12.3 Å². The summed E-state index contributed by atoms with van der Waals surface area (Å²) in [6.45, 7) is 6.54. The molecule has 16 heavy (non-hydrogen) atoms. The lowest BCUT2D eigenvalue weighted by atomic mass is 10.1. The molecule has 1 atom stereocenters. The van der Waals surface area contributed by atoms with Crippen molar-refractivity contribution in [3.63, 3.8) is 0 Å². The molecule has 0 aromatic carbocycles. The highest BCUT2D eigenvalue weighted by Crippen LogP contribution is 2.30. The molecule has 1 aromatic heterocycles. The number of nitrogens with one attached hydrogen (secondary N) is 2. The number of anilines is 2. The normalized spacial score (nSPS) is 24.1. The average molecular weight is 218 g/mol. The van der Waals surface area contributed by atoms with Gasteiger partial charge >= 0.3 is 0 Å². The molecule has 0 amide bonds. The summed E-state index contributed by atoms with van der Waals surface area (Å²) in [6, 6.07) is 2.73. The first kappa shape index (κ1) is 9.90. The quantitative estimate of drug-likeness (QED) is 0.733. The summed E-state index contributed by atoms with van der Waals surface area (Å²) >= 11 is 0. The van der Waals surface area contributed by atoms with Gasteiger partial charge < -0.3 is 15.5 Å². The Hall–Kier alpha value is -1.29. The van der Waals surface area contributed by atoms with E-state index >= 15 is 0 Å². The zero-order chi connectivity index (χ0) is 11.0. The summed E-state index contributed by atoms with van der Waals surface area (Å²) in [6.07, 6.45) is 3.02. The molecule has 2 aliphatic rings. The maximum atomic E-state index is 4.38. The molecule has 2 aliphatic heterocycles. The fourth-order valence-electron chi connectivity index (χ4n) is 2.63. The van der Waals surface area contributed by atoms with E-state index in [4.69, 9.17) is 0 Å². The van der Waals surface area contributed by atoms with Crippen LogP contribution in [0.5, 0.6) is 0 Å². The van der Waals surface area contributed by atoms with Gasteiger partial charge in [0.1, 0.15) is 5.82 Å². The van der Waals surface area contributed by atoms with Gasteiger partial charge in [-0.1, -0.05) is 0 Å². The summed E-state index contributed by atoms with van der Waals surface area (Å²) < 4.78 is 0. The third kappa shape index (κ3) is 1.63. The minimum absolute atomic E-state index is 0.576. The van der Waals surface area contributed by atoms with Crippen LogP contribution in [-0.4, -0.2) is 37.2 Å². The fraction of sp³-hybridized carbons (Fsp3) is 0.583. The van der Waals surface area contributed by atoms with Crippen LogP contribution in [0, 0.1) is 0 Å². The molecule has 86 valence electrons. The van der Waals surface area contributed by atoms with Crippen LogP contribution in [0.3, 0.4) is 0 Å². The Morgan fingerprint density at radius 1 is 1.44 bits per heavy atom. The van der Waals surface area contributed by atoms with E-state index in [9.17, 15) is 0 Å². The second-order valence-electron chi connectivity index (χ2n) is 4.64. The van der Waals surface area contributed by atoms with Crippen LogP contribution in [0.2, 0.25) is 0 Å². The van der Waals surface area contributed by atoms with Crippen molar-refractivity contribution in [2.45, 2.75) is 19.4 Å². The molecule has 1 fully saturated rings. The lowest BCUT2D eigenvalue weighted by Crippen LogP contribution is -2.49. The molecule has 0 radical (unpaired) electrons. The number of hydrogen-bond donors (Lipinski definition) is 2. The van der Waals surface area contributed by atoms with E-state index in [2.05, 4.69) is 33.5 Å². The van der Waals surface area contributed by atoms with E-state index in [0.29, 0.717) is 6.04 Å². The van der Waals surface area contributed by atoms with Crippen molar-refractivity contribution in [1.29, 1.82) is 0 Å². The number of hydrogen-bond acceptors (Lipinski definition) is 4. The van der Waals surface area contributed by atoms with E-state index in [1.54, 1.807) is 0 Å². The Bertz CT molecular complexity index is 391. The first-order valence-electron chi connectivity index (χ1n) is 6.04. The number of pyridine rings is 1. The maximum absolute atomic E-state index is 4.38. The molecule has 0 saturated carbocycles. The van der Waals surface area contributed by atoms with E-state index in [1.165, 1.54) is 11.3 Å². The summed E-state index contributed by atoms with van der Waals surface area (Å²) in [5.74, 6) is 1.09. The van der Waals surface area contributed by atoms with Gasteiger partial charge in [0.15, 0.2) is 0 Å². The molecule has 0 aliphatic carbocycles. The van der Waals surface area contributed by atoms with E-state index in [0.717, 1.165) is 38.4 Å². The van der Waals surface area contributed by atoms with Gasteiger partial charge in [-0.3, -0.25) is 0 Å². The first-order valence-corrected chi connectivity index (χ1v) is 6.04. The Morgan fingerprint density at radius 2 is 2.38 bits per heavy atom. The third-order valence-corrected chi connectivity index (χ3v) is 3.41. The van der Waals surface area contributed by atoms with Crippen LogP contribution in [0.25, 0.3) is 0 Å². The van der Waals surface area contributed by atoms with Crippen molar-refractivity contribution >= 4 is 11.5 Å². The molecule has 0 bridgehead atoms. The number of piperazine rings is 1. The number of aromatic nitrogens is 1. The molecule has 3 rings (SSSR count). The van der Waals surface area contributed by atoms with Gasteiger partial charge in [-0.15, -0.1) is 0 Å². The van der Waals surface area contributed by atoms with Gasteiger partial charge in [-0.25, -0.2) is 4.98 Å². The summed E-state index contributed by atoms with van der Waals surface area (Å²) in [5.41, 5.74) is 2.78. The predicted octanol–water partition coefficient (Wildman–Crippen LogP) is 0.848. The van der Waals surface area contributed by atoms with Crippen LogP contribution in [0.4, 0.5) is 11.5 Å². The smallest absolute Gasteiger partial charge is 0.131 e. The summed E-state index contributed by atoms with van der Waals surface area (Å²) in [7, 11) is 0. The van der Waals surface area contributed by atoms with Crippen LogP contribution in [0.1, 0.15) is 12.5 Å². The van der Waals surface area contributed by atoms with Crippen molar-refractivity contribution in [1.82, 2.24) is 10.3 Å². The molecule has 1 unspecified atom stereocenters. The van der Waals surface area contributed by atoms with Crippen molar-refractivity contribution in [3.8, 4) is 0 Å². The first-order chi connectivity index (χ1) is 7.84. The molecular formula is C12H18N4. The van der Waals surface area contributed by atoms with Crippen LogP contribution in [-0.2, 0) is 6.42 Å². The molecule has 1 saturated heterocycles. The Morgan fingerprint density at radius 3 is 3.25 bits per heavy atom. The minimum Gasteiger partial charge on any atom is -0.369 e. The van der Waals surface area contributed by atoms with Gasteiger partial charge in [-0.2, -0.15) is 0 Å². The standard InChI is InChI=1S/C12H18N4/c1-9-8-16(7-6-13-9)11-3-5-15-12-10(11)2-4-14-12/h3,5,9,13H,2,4,6-8H2,1H3,(H,14,15). The minimum atomic E-state index is 0.576. The molecule has 3 heterocycles. The van der Waals surface area contributed by atoms with Gasteiger partial charge in [0, 0.05) is 49.7 Å². The van der Waals surface area contributed by atoms with E-state index < -0.39 is 0 Å². The highest BCUT2D eigenvalue weighted by Gasteiger charge is 2.22. The van der Waals surface area contributed by atoms with Crippen molar-refractivity contribution in [3.05, 3.63) is 17.8 Å². The highest BCUT2D eigenvalue weighted by atomic mass is 15.2. The largest absolute Gasteiger partial charge is 0.369 e. The molecule has 4 nitrogen and oxygen atoms in total. The second kappa shape index (κ2) is 3.94. The summed E-state index contributed by atoms with van der Waals surface area (Å²) in [4.78, 5) is 6.86. The van der Waals surface area contributed by atoms with Crippen molar-refractivity contribution < 1.29 is 0 Å². The van der Waals surface area contributed by atoms with Gasteiger partial charge in [0.2, 0.25) is 0 Å². The van der Waals surface area contributed by atoms with Gasteiger partial charge in [0.05, 0.1) is 0 Å². The van der Waals surface area contributed by atoms with Crippen LogP contribution >= 0.6 is 0 Å². The van der Waals surface area contributed by atoms with Crippen LogP contribution < -0.4 is 15.5 Å². The monoisotopic (exact) mass is 218 g/mol. The number of nitrogens with zero attached hydrogens (tertiary/aromatic N) is 2. The summed E-state index contributed by atoms with van der Waals surface area (Å²) in [5, 5.41) is 6.81. The number of rotatable bonds is 1. The highest BCUT2D eigenvalue weighted by molar-refractivity contribution is 5.66. The van der Waals surface area contributed by atoms with Crippen molar-refractivity contribution in [2.75, 3.05) is 36.4 Å². The van der Waals surface area contributed by atoms with Gasteiger partial charge in [0.25, 0.3) is 0 Å². The van der Waals surface area contributed by atoms with E-state index in [-0.39, 0.29) is 0 Å². The Labute approximate surface area is 96.1 Å². The number of fused-ring (bicyclic) bond motifs is 1. The average Bonchev–Trinajstić information content (AvgIpc) is 2.76. The Kier molecular flexibility index (Phi) is 2.44. The SMILES string of the molecule is CC1CN(c2ccnc3c2CCN3)CCN1. The molecular weight excluding hydrogens is 200 g/mol. The lowest BCUT2D eigenvalue weighted by molar-refractivity contribution is 0.484. The molecule has 4 heteroatoms. The van der Waals surface area contributed by atoms with E-state index in [1.807, 2.05) is 6.20 Å². The lowest BCUT2D eigenvalue weighted by Gasteiger charge is -2.34. The third-order valence-electron chi connectivity index (χ3n) is 3.41. The topological polar surface area (TPSA) is 40.2 Å². The molecule has 0 spiro atoms. The van der Waals surface area contributed by atoms with Gasteiger partial charge in [-0.05, 0) is 19.4 Å². The zero-order valence-corrected chi connectivity index (χ0v) is 9.66.